The third-order valence-electron chi connectivity index (χ3n) is 9.45. The minimum atomic E-state index is 0.0126. The molecule has 0 N–H and O–H groups in total. The van der Waals surface area contributed by atoms with Crippen LogP contribution in [0.1, 0.15) is 26.3 Å². The van der Waals surface area contributed by atoms with Crippen molar-refractivity contribution < 1.29 is 8.83 Å². The van der Waals surface area contributed by atoms with Crippen molar-refractivity contribution in [3.8, 4) is 11.1 Å². The number of para-hydroxylation sites is 2. The Morgan fingerprint density at radius 1 is 0.465 bits per heavy atom. The third kappa shape index (κ3) is 2.89. The summed E-state index contributed by atoms with van der Waals surface area (Å²) in [5.74, 6) is 0. The number of nitrogens with zero attached hydrogens (tertiary/aromatic N) is 1. The summed E-state index contributed by atoms with van der Waals surface area (Å²) in [5, 5.41) is 9.38. The van der Waals surface area contributed by atoms with Gasteiger partial charge in [0.15, 0.2) is 11.2 Å². The van der Waals surface area contributed by atoms with E-state index in [0.717, 1.165) is 54.9 Å². The zero-order valence-electron chi connectivity index (χ0n) is 24.2. The Kier molecular flexibility index (Phi) is 4.20. The molecule has 0 radical (unpaired) electrons. The number of rotatable bonds is 1. The van der Waals surface area contributed by atoms with E-state index in [1.807, 2.05) is 12.1 Å². The van der Waals surface area contributed by atoms with E-state index in [1.165, 1.54) is 43.8 Å². The molecule has 0 unspecified atom stereocenters. The van der Waals surface area contributed by atoms with Crippen LogP contribution in [0.5, 0.6) is 0 Å². The molecule has 10 aromatic rings. The SMILES string of the molecule is CC(C)(C)c1ccccc1-c1cc2c3ccc4c5ccccc5oc4c3n3c2c(c1)c1ccc2c4ccccc4oc2c13. The molecule has 0 amide bonds. The van der Waals surface area contributed by atoms with Crippen LogP contribution >= 0.6 is 0 Å². The second-order valence-electron chi connectivity index (χ2n) is 12.9. The van der Waals surface area contributed by atoms with Gasteiger partial charge in [-0.15, -0.1) is 0 Å². The van der Waals surface area contributed by atoms with Crippen molar-refractivity contribution in [2.75, 3.05) is 0 Å². The number of furan rings is 2. The van der Waals surface area contributed by atoms with Crippen LogP contribution in [0.3, 0.4) is 0 Å². The predicted molar refractivity (Wildman–Crippen MR) is 180 cm³/mol. The van der Waals surface area contributed by atoms with Gasteiger partial charge in [0.1, 0.15) is 11.2 Å². The Bertz CT molecular complexity index is 2600. The van der Waals surface area contributed by atoms with E-state index < -0.39 is 0 Å². The average Bonchev–Trinajstić information content (AvgIpc) is 3.76. The molecule has 3 heteroatoms. The highest BCUT2D eigenvalue weighted by atomic mass is 16.3. The maximum absolute atomic E-state index is 6.67. The zero-order chi connectivity index (χ0) is 28.6. The molecule has 0 saturated heterocycles. The van der Waals surface area contributed by atoms with Crippen LogP contribution in [0.25, 0.3) is 93.1 Å². The Labute approximate surface area is 246 Å². The number of hydrogen-bond acceptors (Lipinski definition) is 2. The van der Waals surface area contributed by atoms with Gasteiger partial charge in [-0.1, -0.05) is 93.6 Å². The summed E-state index contributed by atoms with van der Waals surface area (Å²) >= 11 is 0. The van der Waals surface area contributed by atoms with E-state index in [4.69, 9.17) is 8.83 Å². The van der Waals surface area contributed by atoms with Gasteiger partial charge in [0.25, 0.3) is 0 Å². The molecule has 0 fully saturated rings. The lowest BCUT2D eigenvalue weighted by atomic mass is 9.81. The van der Waals surface area contributed by atoms with E-state index in [9.17, 15) is 0 Å². The molecule has 0 aliphatic carbocycles. The highest BCUT2D eigenvalue weighted by Gasteiger charge is 2.26. The fourth-order valence-electron chi connectivity index (χ4n) is 7.59. The second kappa shape index (κ2) is 7.76. The summed E-state index contributed by atoms with van der Waals surface area (Å²) < 4.78 is 15.8. The minimum Gasteiger partial charge on any atom is -0.454 e. The van der Waals surface area contributed by atoms with Gasteiger partial charge in [0.2, 0.25) is 0 Å². The van der Waals surface area contributed by atoms with E-state index >= 15 is 0 Å². The second-order valence-corrected chi connectivity index (χ2v) is 12.9. The third-order valence-corrected chi connectivity index (χ3v) is 9.45. The fourth-order valence-corrected chi connectivity index (χ4v) is 7.59. The molecule has 4 heterocycles. The smallest absolute Gasteiger partial charge is 0.160 e. The molecule has 3 nitrogen and oxygen atoms in total. The molecule has 0 atom stereocenters. The highest BCUT2D eigenvalue weighted by molar-refractivity contribution is 6.31. The standard InChI is InChI=1S/C40H27NO2/c1-40(2,3)32-13-7-4-10-23(32)22-20-30-26-16-18-28-24-11-5-8-14-33(24)42-38(28)36(26)41-35(30)31(21-22)27-17-19-29-25-12-6-9-15-34(25)43-39(29)37(27)41/h4-21H,1-3H3. The molecule has 0 saturated carbocycles. The van der Waals surface area contributed by atoms with Crippen molar-refractivity contribution >= 4 is 82.0 Å². The number of benzene rings is 6. The molecular formula is C40H27NO2. The molecule has 10 rings (SSSR count). The average molecular weight is 554 g/mol. The van der Waals surface area contributed by atoms with Crippen LogP contribution in [0.2, 0.25) is 0 Å². The van der Waals surface area contributed by atoms with Crippen LogP contribution in [0.15, 0.2) is 118 Å². The van der Waals surface area contributed by atoms with Crippen molar-refractivity contribution in [3.05, 3.63) is 115 Å². The van der Waals surface area contributed by atoms with Gasteiger partial charge < -0.3 is 13.2 Å². The number of hydrogen-bond donors (Lipinski definition) is 0. The number of aromatic nitrogens is 1. The lowest BCUT2D eigenvalue weighted by Gasteiger charge is -2.23. The first-order valence-corrected chi connectivity index (χ1v) is 14.9. The summed E-state index contributed by atoms with van der Waals surface area (Å²) in [6, 6.07) is 39.3. The molecule has 43 heavy (non-hydrogen) atoms. The van der Waals surface area contributed by atoms with Gasteiger partial charge in [-0.3, -0.25) is 0 Å². The van der Waals surface area contributed by atoms with E-state index in [-0.39, 0.29) is 5.41 Å². The predicted octanol–water partition coefficient (Wildman–Crippen LogP) is 11.6. The van der Waals surface area contributed by atoms with Gasteiger partial charge in [-0.05, 0) is 58.5 Å². The summed E-state index contributed by atoms with van der Waals surface area (Å²) in [6.07, 6.45) is 0. The molecule has 4 aromatic heterocycles. The van der Waals surface area contributed by atoms with Gasteiger partial charge in [0.05, 0.1) is 16.6 Å². The number of fused-ring (bicyclic) bond motifs is 14. The molecule has 0 bridgehead atoms. The lowest BCUT2D eigenvalue weighted by Crippen LogP contribution is -2.12. The van der Waals surface area contributed by atoms with Crippen LogP contribution in [-0.4, -0.2) is 4.40 Å². The van der Waals surface area contributed by atoms with E-state index in [0.29, 0.717) is 0 Å². The van der Waals surface area contributed by atoms with E-state index in [2.05, 4.69) is 122 Å². The highest BCUT2D eigenvalue weighted by Crippen LogP contribution is 2.48. The van der Waals surface area contributed by atoms with Gasteiger partial charge >= 0.3 is 0 Å². The minimum absolute atomic E-state index is 0.0126. The van der Waals surface area contributed by atoms with Crippen LogP contribution in [0, 0.1) is 0 Å². The van der Waals surface area contributed by atoms with Crippen molar-refractivity contribution in [3.63, 3.8) is 0 Å². The van der Waals surface area contributed by atoms with Gasteiger partial charge in [0, 0.05) is 43.1 Å². The summed E-state index contributed by atoms with van der Waals surface area (Å²) in [4.78, 5) is 0. The Morgan fingerprint density at radius 2 is 0.953 bits per heavy atom. The summed E-state index contributed by atoms with van der Waals surface area (Å²) in [7, 11) is 0. The maximum Gasteiger partial charge on any atom is 0.160 e. The first kappa shape index (κ1) is 23.3. The molecule has 0 aliphatic heterocycles. The first-order valence-electron chi connectivity index (χ1n) is 14.9. The quantitative estimate of drug-likeness (QED) is 0.202. The monoisotopic (exact) mass is 553 g/mol. The Morgan fingerprint density at radius 3 is 1.51 bits per heavy atom. The van der Waals surface area contributed by atoms with Gasteiger partial charge in [-0.2, -0.15) is 0 Å². The molecule has 204 valence electrons. The summed E-state index contributed by atoms with van der Waals surface area (Å²) in [5.41, 5.74) is 10.9. The summed E-state index contributed by atoms with van der Waals surface area (Å²) in [6.45, 7) is 6.88. The van der Waals surface area contributed by atoms with Crippen LogP contribution < -0.4 is 0 Å². The Balaban J connectivity index is 1.48. The largest absolute Gasteiger partial charge is 0.454 e. The molecule has 0 aliphatic rings. The maximum atomic E-state index is 6.67. The fraction of sp³-hybridized carbons (Fsp3) is 0.100. The van der Waals surface area contributed by atoms with Crippen LogP contribution in [0.4, 0.5) is 0 Å². The van der Waals surface area contributed by atoms with Crippen molar-refractivity contribution in [2.45, 2.75) is 26.2 Å². The first-order chi connectivity index (χ1) is 21.0. The van der Waals surface area contributed by atoms with Gasteiger partial charge in [-0.25, -0.2) is 0 Å². The topological polar surface area (TPSA) is 30.7 Å². The van der Waals surface area contributed by atoms with Crippen molar-refractivity contribution in [2.24, 2.45) is 0 Å². The van der Waals surface area contributed by atoms with E-state index in [1.54, 1.807) is 0 Å². The Hall–Kier alpha value is -5.28. The molecule has 6 aromatic carbocycles. The lowest BCUT2D eigenvalue weighted by molar-refractivity contribution is 0.592. The van der Waals surface area contributed by atoms with Crippen molar-refractivity contribution in [1.82, 2.24) is 4.40 Å². The van der Waals surface area contributed by atoms with Crippen LogP contribution in [-0.2, 0) is 5.41 Å². The van der Waals surface area contributed by atoms with Crippen molar-refractivity contribution in [1.29, 1.82) is 0 Å². The molecular weight excluding hydrogens is 526 g/mol. The zero-order valence-corrected chi connectivity index (χ0v) is 24.2. The normalized spacial score (nSPS) is 13.0. The molecule has 0 spiro atoms.